The quantitative estimate of drug-likeness (QED) is 0.708. The summed E-state index contributed by atoms with van der Waals surface area (Å²) in [4.78, 5) is 7.96. The molecule has 5 nitrogen and oxygen atoms in total. The van der Waals surface area contributed by atoms with Crippen LogP contribution in [-0.4, -0.2) is 35.6 Å². The highest BCUT2D eigenvalue weighted by atomic mass is 32.2. The molecular weight excluding hydrogens is 224 g/mol. The molecule has 16 heavy (non-hydrogen) atoms. The highest BCUT2D eigenvalue weighted by molar-refractivity contribution is 7.98. The fourth-order valence-corrected chi connectivity index (χ4v) is 1.79. The number of methoxy groups -OCH3 is 1. The Hall–Kier alpha value is -1.17. The Balaban J connectivity index is 2.44. The molecule has 0 saturated heterocycles. The fourth-order valence-electron chi connectivity index (χ4n) is 1.29. The second-order valence-corrected chi connectivity index (χ2v) is 4.25. The van der Waals surface area contributed by atoms with E-state index in [4.69, 9.17) is 10.5 Å². The minimum atomic E-state index is 0.365. The van der Waals surface area contributed by atoms with Crippen LogP contribution in [0, 0.1) is 0 Å². The smallest absolute Gasteiger partial charge is 0.203 e. The van der Waals surface area contributed by atoms with E-state index in [1.54, 1.807) is 7.11 Å². The van der Waals surface area contributed by atoms with Gasteiger partial charge in [0.15, 0.2) is 11.6 Å². The normalized spacial score (nSPS) is 10.1. The summed E-state index contributed by atoms with van der Waals surface area (Å²) in [5.41, 5.74) is 5.66. The van der Waals surface area contributed by atoms with Gasteiger partial charge >= 0.3 is 0 Å². The van der Waals surface area contributed by atoms with E-state index < -0.39 is 0 Å². The standard InChI is InChI=1S/C10H18N4OS/c1-15-8-9(11)13-7-14-10(8)12-5-3-4-6-16-2/h7H,3-6H2,1-2H3,(H3,11,12,13,14). The summed E-state index contributed by atoms with van der Waals surface area (Å²) in [5, 5.41) is 3.20. The molecule has 1 aromatic heterocycles. The zero-order valence-corrected chi connectivity index (χ0v) is 10.5. The van der Waals surface area contributed by atoms with Gasteiger partial charge in [-0.3, -0.25) is 0 Å². The van der Waals surface area contributed by atoms with Crippen LogP contribution in [0.2, 0.25) is 0 Å². The van der Waals surface area contributed by atoms with Gasteiger partial charge in [-0.2, -0.15) is 11.8 Å². The molecule has 3 N–H and O–H groups in total. The molecule has 0 radical (unpaired) electrons. The minimum absolute atomic E-state index is 0.365. The molecule has 1 aromatic rings. The Kier molecular flexibility index (Phi) is 5.77. The molecule has 1 heterocycles. The number of hydrogen-bond donors (Lipinski definition) is 2. The summed E-state index contributed by atoms with van der Waals surface area (Å²) in [6.45, 7) is 0.868. The predicted molar refractivity (Wildman–Crippen MR) is 69.1 cm³/mol. The van der Waals surface area contributed by atoms with E-state index in [2.05, 4.69) is 21.5 Å². The number of aromatic nitrogens is 2. The number of nitrogen functional groups attached to an aromatic ring is 1. The van der Waals surface area contributed by atoms with Crippen molar-refractivity contribution < 1.29 is 4.74 Å². The Morgan fingerprint density at radius 2 is 2.25 bits per heavy atom. The topological polar surface area (TPSA) is 73.1 Å². The van der Waals surface area contributed by atoms with Gasteiger partial charge in [0, 0.05) is 6.54 Å². The number of unbranched alkanes of at least 4 members (excludes halogenated alkanes) is 1. The molecule has 90 valence electrons. The first-order valence-corrected chi connectivity index (χ1v) is 6.56. The molecule has 0 aromatic carbocycles. The molecule has 1 rings (SSSR count). The number of nitrogens with zero attached hydrogens (tertiary/aromatic N) is 2. The Bertz CT molecular complexity index is 322. The maximum Gasteiger partial charge on any atom is 0.203 e. The first-order valence-electron chi connectivity index (χ1n) is 5.17. The maximum atomic E-state index is 5.66. The van der Waals surface area contributed by atoms with Crippen molar-refractivity contribution >= 4 is 23.4 Å². The molecule has 0 bridgehead atoms. The van der Waals surface area contributed by atoms with E-state index in [9.17, 15) is 0 Å². The van der Waals surface area contributed by atoms with Gasteiger partial charge < -0.3 is 15.8 Å². The van der Waals surface area contributed by atoms with Crippen LogP contribution in [0.25, 0.3) is 0 Å². The molecule has 0 amide bonds. The fraction of sp³-hybridized carbons (Fsp3) is 0.600. The average molecular weight is 242 g/mol. The van der Waals surface area contributed by atoms with Gasteiger partial charge in [0.1, 0.15) is 6.33 Å². The highest BCUT2D eigenvalue weighted by Gasteiger charge is 2.07. The van der Waals surface area contributed by atoms with Crippen LogP contribution in [-0.2, 0) is 0 Å². The molecule has 0 atom stereocenters. The number of nitrogens with one attached hydrogen (secondary N) is 1. The summed E-state index contributed by atoms with van der Waals surface area (Å²) in [6.07, 6.45) is 5.84. The molecule has 0 unspecified atom stereocenters. The van der Waals surface area contributed by atoms with Gasteiger partial charge in [0.2, 0.25) is 5.75 Å². The van der Waals surface area contributed by atoms with Crippen LogP contribution < -0.4 is 15.8 Å². The Morgan fingerprint density at radius 1 is 1.44 bits per heavy atom. The van der Waals surface area contributed by atoms with Crippen molar-refractivity contribution in [1.82, 2.24) is 9.97 Å². The van der Waals surface area contributed by atoms with Crippen LogP contribution in [0.1, 0.15) is 12.8 Å². The minimum Gasteiger partial charge on any atom is -0.490 e. The van der Waals surface area contributed by atoms with Crippen molar-refractivity contribution in [2.75, 3.05) is 36.7 Å². The number of anilines is 2. The molecule has 0 aliphatic carbocycles. The Morgan fingerprint density at radius 3 is 2.94 bits per heavy atom. The van der Waals surface area contributed by atoms with Crippen LogP contribution in [0.4, 0.5) is 11.6 Å². The van der Waals surface area contributed by atoms with Gasteiger partial charge in [0.25, 0.3) is 0 Å². The van der Waals surface area contributed by atoms with Gasteiger partial charge in [0.05, 0.1) is 7.11 Å². The van der Waals surface area contributed by atoms with E-state index in [-0.39, 0.29) is 0 Å². The van der Waals surface area contributed by atoms with Crippen LogP contribution in [0.5, 0.6) is 5.75 Å². The second-order valence-electron chi connectivity index (χ2n) is 3.27. The van der Waals surface area contributed by atoms with Gasteiger partial charge in [-0.25, -0.2) is 9.97 Å². The predicted octanol–water partition coefficient (Wildman–Crippen LogP) is 1.62. The number of thioether (sulfide) groups is 1. The van der Waals surface area contributed by atoms with E-state index in [1.807, 2.05) is 11.8 Å². The summed E-state index contributed by atoms with van der Waals surface area (Å²) in [7, 11) is 1.56. The number of ether oxygens (including phenoxy) is 1. The van der Waals surface area contributed by atoms with Gasteiger partial charge in [-0.15, -0.1) is 0 Å². The third kappa shape index (κ3) is 3.77. The first-order chi connectivity index (χ1) is 7.79. The summed E-state index contributed by atoms with van der Waals surface area (Å²) in [5.74, 6) is 2.74. The van der Waals surface area contributed by atoms with Crippen molar-refractivity contribution in [3.8, 4) is 5.75 Å². The Labute approximate surface area is 100 Å². The third-order valence-electron chi connectivity index (χ3n) is 2.10. The lowest BCUT2D eigenvalue weighted by Gasteiger charge is -2.10. The second kappa shape index (κ2) is 7.16. The van der Waals surface area contributed by atoms with E-state index in [1.165, 1.54) is 18.5 Å². The van der Waals surface area contributed by atoms with Crippen LogP contribution >= 0.6 is 11.8 Å². The summed E-state index contributed by atoms with van der Waals surface area (Å²) in [6, 6.07) is 0. The zero-order valence-electron chi connectivity index (χ0n) is 9.69. The van der Waals surface area contributed by atoms with Crippen LogP contribution in [0.3, 0.4) is 0 Å². The lowest BCUT2D eigenvalue weighted by atomic mass is 10.3. The summed E-state index contributed by atoms with van der Waals surface area (Å²) >= 11 is 1.86. The average Bonchev–Trinajstić information content (AvgIpc) is 2.29. The lowest BCUT2D eigenvalue weighted by molar-refractivity contribution is 0.415. The van der Waals surface area contributed by atoms with Crippen molar-refractivity contribution in [3.05, 3.63) is 6.33 Å². The largest absolute Gasteiger partial charge is 0.490 e. The molecule has 0 fully saturated rings. The first kappa shape index (κ1) is 12.9. The van der Waals surface area contributed by atoms with Gasteiger partial charge in [-0.1, -0.05) is 0 Å². The maximum absolute atomic E-state index is 5.66. The summed E-state index contributed by atoms with van der Waals surface area (Å²) < 4.78 is 5.14. The van der Waals surface area contributed by atoms with E-state index >= 15 is 0 Å². The van der Waals surface area contributed by atoms with Crippen molar-refractivity contribution in [1.29, 1.82) is 0 Å². The lowest BCUT2D eigenvalue weighted by Crippen LogP contribution is -2.07. The van der Waals surface area contributed by atoms with Crippen LogP contribution in [0.15, 0.2) is 6.33 Å². The number of rotatable bonds is 7. The van der Waals surface area contributed by atoms with Crippen molar-refractivity contribution in [2.24, 2.45) is 0 Å². The molecular formula is C10H18N4OS. The molecule has 6 heteroatoms. The highest BCUT2D eigenvalue weighted by Crippen LogP contribution is 2.25. The van der Waals surface area contributed by atoms with Gasteiger partial charge in [-0.05, 0) is 24.9 Å². The molecule has 0 aliphatic heterocycles. The van der Waals surface area contributed by atoms with E-state index in [0.29, 0.717) is 17.4 Å². The zero-order chi connectivity index (χ0) is 11.8. The van der Waals surface area contributed by atoms with E-state index in [0.717, 1.165) is 13.0 Å². The molecule has 0 saturated carbocycles. The molecule has 0 aliphatic rings. The van der Waals surface area contributed by atoms with Crippen molar-refractivity contribution in [2.45, 2.75) is 12.8 Å². The molecule has 0 spiro atoms. The number of hydrogen-bond acceptors (Lipinski definition) is 6. The SMILES string of the molecule is COc1c(N)ncnc1NCCCCSC. The monoisotopic (exact) mass is 242 g/mol. The number of nitrogens with two attached hydrogens (primary N) is 1. The third-order valence-corrected chi connectivity index (χ3v) is 2.80. The van der Waals surface area contributed by atoms with Crippen molar-refractivity contribution in [3.63, 3.8) is 0 Å².